The van der Waals surface area contributed by atoms with Crippen LogP contribution in [0.5, 0.6) is 0 Å². The summed E-state index contributed by atoms with van der Waals surface area (Å²) >= 11 is 2.31. The number of aliphatic hydroxyl groups excluding tert-OH is 1. The van der Waals surface area contributed by atoms with Crippen molar-refractivity contribution in [2.75, 3.05) is 20.5 Å². The lowest BCUT2D eigenvalue weighted by Gasteiger charge is -2.41. The predicted molar refractivity (Wildman–Crippen MR) is 114 cm³/mol. The first kappa shape index (κ1) is 22.9. The molecule has 4 heteroatoms. The summed E-state index contributed by atoms with van der Waals surface area (Å²) in [7, 11) is 1.63. The highest BCUT2D eigenvalue weighted by molar-refractivity contribution is 14.1. The minimum atomic E-state index is -0.0206. The van der Waals surface area contributed by atoms with E-state index in [9.17, 15) is 5.11 Å². The van der Waals surface area contributed by atoms with Crippen LogP contribution in [-0.4, -0.2) is 31.7 Å². The number of ether oxygens (including phenoxy) is 2. The maximum absolute atomic E-state index is 9.74. The Kier molecular flexibility index (Phi) is 10.5. The molecule has 0 bridgehead atoms. The molecule has 1 N–H and O–H groups in total. The van der Waals surface area contributed by atoms with Crippen molar-refractivity contribution in [3.05, 3.63) is 33.0 Å². The third kappa shape index (κ3) is 7.53. The lowest BCUT2D eigenvalue weighted by atomic mass is 9.66. The quantitative estimate of drug-likeness (QED) is 0.254. The first-order valence-electron chi connectivity index (χ1n) is 9.20. The van der Waals surface area contributed by atoms with Crippen LogP contribution < -0.4 is 0 Å². The number of hydrogen-bond acceptors (Lipinski definition) is 3. The highest BCUT2D eigenvalue weighted by Gasteiger charge is 2.36. The molecule has 144 valence electrons. The van der Waals surface area contributed by atoms with Gasteiger partial charge in [-0.05, 0) is 66.9 Å². The van der Waals surface area contributed by atoms with Gasteiger partial charge in [-0.2, -0.15) is 0 Å². The standard InChI is InChI=1S/C21H35IO3/c1-16(7-6-8-17(2)13-22)9-10-21(4)12-19(14-23)20(11-18(21)3)25-15-24-5/h7,12-13,18,20,23H,6,8-11,14-15H2,1-5H3/b16-7+,17-13+/t18-,20+,21+/m1/s1. The second-order valence-corrected chi connectivity index (χ2v) is 8.25. The molecular formula is C21H35IO3. The molecule has 0 unspecified atom stereocenters. The predicted octanol–water partition coefficient (Wildman–Crippen LogP) is 5.79. The van der Waals surface area contributed by atoms with E-state index in [0.29, 0.717) is 5.92 Å². The summed E-state index contributed by atoms with van der Waals surface area (Å²) in [5.41, 5.74) is 4.02. The van der Waals surface area contributed by atoms with Crippen molar-refractivity contribution in [2.45, 2.75) is 65.9 Å². The molecule has 0 saturated carbocycles. The lowest BCUT2D eigenvalue weighted by Crippen LogP contribution is -2.36. The fourth-order valence-electron chi connectivity index (χ4n) is 3.36. The molecule has 25 heavy (non-hydrogen) atoms. The molecule has 3 atom stereocenters. The molecule has 0 amide bonds. The molecule has 0 spiro atoms. The SMILES string of the molecule is COCO[C@H]1C[C@@H](C)[C@@](C)(CC/C(C)=C/CC/C(C)=C/I)C=C1CO. The van der Waals surface area contributed by atoms with Gasteiger partial charge in [-0.15, -0.1) is 0 Å². The van der Waals surface area contributed by atoms with Crippen LogP contribution in [0.25, 0.3) is 0 Å². The van der Waals surface area contributed by atoms with E-state index in [1.54, 1.807) is 7.11 Å². The van der Waals surface area contributed by atoms with Gasteiger partial charge in [0.1, 0.15) is 6.79 Å². The summed E-state index contributed by atoms with van der Waals surface area (Å²) in [5.74, 6) is 0.515. The Morgan fingerprint density at radius 3 is 2.68 bits per heavy atom. The number of allylic oxidation sites excluding steroid dienone is 4. The fraction of sp³-hybridized carbons (Fsp3) is 0.714. The van der Waals surface area contributed by atoms with Gasteiger partial charge < -0.3 is 14.6 Å². The van der Waals surface area contributed by atoms with Crippen LogP contribution in [0.1, 0.15) is 59.8 Å². The average molecular weight is 462 g/mol. The Balaban J connectivity index is 2.67. The Morgan fingerprint density at radius 2 is 2.08 bits per heavy atom. The normalized spacial score (nSPS) is 28.2. The van der Waals surface area contributed by atoms with Crippen LogP contribution in [0.15, 0.2) is 33.0 Å². The molecule has 1 aliphatic rings. The van der Waals surface area contributed by atoms with E-state index in [-0.39, 0.29) is 24.9 Å². The van der Waals surface area contributed by atoms with Crippen molar-refractivity contribution in [1.29, 1.82) is 0 Å². The van der Waals surface area contributed by atoms with Crippen LogP contribution >= 0.6 is 22.6 Å². The lowest BCUT2D eigenvalue weighted by molar-refractivity contribution is -0.0754. The molecule has 0 saturated heterocycles. The van der Waals surface area contributed by atoms with E-state index in [1.165, 1.54) is 11.1 Å². The zero-order chi connectivity index (χ0) is 18.9. The van der Waals surface area contributed by atoms with Gasteiger partial charge >= 0.3 is 0 Å². The molecule has 0 aromatic rings. The zero-order valence-corrected chi connectivity index (χ0v) is 18.6. The molecule has 0 aliphatic heterocycles. The second-order valence-electron chi connectivity index (χ2n) is 7.63. The molecule has 0 heterocycles. The van der Waals surface area contributed by atoms with Crippen molar-refractivity contribution >= 4 is 22.6 Å². The number of hydrogen-bond donors (Lipinski definition) is 1. The number of rotatable bonds is 10. The van der Waals surface area contributed by atoms with Crippen molar-refractivity contribution in [3.63, 3.8) is 0 Å². The van der Waals surface area contributed by atoms with Gasteiger partial charge in [0.25, 0.3) is 0 Å². The molecule has 1 aliphatic carbocycles. The monoisotopic (exact) mass is 462 g/mol. The maximum Gasteiger partial charge on any atom is 0.147 e. The van der Waals surface area contributed by atoms with E-state index in [1.807, 2.05) is 0 Å². The highest BCUT2D eigenvalue weighted by atomic mass is 127. The average Bonchev–Trinajstić information content (AvgIpc) is 2.60. The first-order chi connectivity index (χ1) is 11.9. The number of aliphatic hydroxyl groups is 1. The zero-order valence-electron chi connectivity index (χ0n) is 16.5. The third-order valence-corrected chi connectivity index (χ3v) is 6.53. The summed E-state index contributed by atoms with van der Waals surface area (Å²) in [4.78, 5) is 0. The second kappa shape index (κ2) is 11.5. The number of halogens is 1. The minimum absolute atomic E-state index is 0.0206. The Labute approximate surface area is 167 Å². The molecule has 1 rings (SSSR count). The smallest absolute Gasteiger partial charge is 0.147 e. The van der Waals surface area contributed by atoms with Crippen molar-refractivity contribution in [2.24, 2.45) is 11.3 Å². The van der Waals surface area contributed by atoms with Gasteiger partial charge in [0.15, 0.2) is 0 Å². The van der Waals surface area contributed by atoms with Crippen LogP contribution in [-0.2, 0) is 9.47 Å². The largest absolute Gasteiger partial charge is 0.392 e. The molecular weight excluding hydrogens is 427 g/mol. The van der Waals surface area contributed by atoms with Gasteiger partial charge in [0, 0.05) is 7.11 Å². The van der Waals surface area contributed by atoms with Crippen LogP contribution in [0.4, 0.5) is 0 Å². The summed E-state index contributed by atoms with van der Waals surface area (Å²) in [6.45, 7) is 9.37. The van der Waals surface area contributed by atoms with E-state index < -0.39 is 0 Å². The Morgan fingerprint density at radius 1 is 1.36 bits per heavy atom. The molecule has 0 fully saturated rings. The van der Waals surface area contributed by atoms with E-state index in [2.05, 4.69) is 66.5 Å². The molecule has 0 aromatic carbocycles. The fourth-order valence-corrected chi connectivity index (χ4v) is 3.67. The van der Waals surface area contributed by atoms with Crippen molar-refractivity contribution in [3.8, 4) is 0 Å². The topological polar surface area (TPSA) is 38.7 Å². The summed E-state index contributed by atoms with van der Waals surface area (Å²) in [6, 6.07) is 0. The Hall–Kier alpha value is -0.170. The first-order valence-corrected chi connectivity index (χ1v) is 10.4. The van der Waals surface area contributed by atoms with E-state index >= 15 is 0 Å². The van der Waals surface area contributed by atoms with Gasteiger partial charge in [-0.3, -0.25) is 0 Å². The van der Waals surface area contributed by atoms with Gasteiger partial charge in [-0.25, -0.2) is 0 Å². The van der Waals surface area contributed by atoms with E-state index in [4.69, 9.17) is 9.47 Å². The summed E-state index contributed by atoms with van der Waals surface area (Å²) < 4.78 is 12.9. The minimum Gasteiger partial charge on any atom is -0.392 e. The van der Waals surface area contributed by atoms with Crippen molar-refractivity contribution < 1.29 is 14.6 Å². The van der Waals surface area contributed by atoms with E-state index in [0.717, 1.165) is 37.7 Å². The van der Waals surface area contributed by atoms with Crippen LogP contribution in [0.3, 0.4) is 0 Å². The van der Waals surface area contributed by atoms with Gasteiger partial charge in [-0.1, -0.05) is 59.7 Å². The maximum atomic E-state index is 9.74. The number of methoxy groups -OCH3 is 1. The highest BCUT2D eigenvalue weighted by Crippen LogP contribution is 2.43. The molecule has 3 nitrogen and oxygen atoms in total. The van der Waals surface area contributed by atoms with Crippen LogP contribution in [0.2, 0.25) is 0 Å². The third-order valence-electron chi connectivity index (χ3n) is 5.47. The van der Waals surface area contributed by atoms with Gasteiger partial charge in [0.2, 0.25) is 0 Å². The molecule has 0 radical (unpaired) electrons. The molecule has 0 aromatic heterocycles. The Bertz CT molecular complexity index is 495. The van der Waals surface area contributed by atoms with Gasteiger partial charge in [0.05, 0.1) is 12.7 Å². The summed E-state index contributed by atoms with van der Waals surface area (Å²) in [5, 5.41) is 9.74. The summed E-state index contributed by atoms with van der Waals surface area (Å²) in [6.07, 6.45) is 10.0. The van der Waals surface area contributed by atoms with Crippen molar-refractivity contribution in [1.82, 2.24) is 0 Å². The van der Waals surface area contributed by atoms with Crippen LogP contribution in [0, 0.1) is 11.3 Å².